The Morgan fingerprint density at radius 2 is 2.21 bits per heavy atom. The molecule has 1 aliphatic rings. The van der Waals surface area contributed by atoms with Crippen molar-refractivity contribution in [3.63, 3.8) is 0 Å². The van der Waals surface area contributed by atoms with Gasteiger partial charge in [0, 0.05) is 44.6 Å². The van der Waals surface area contributed by atoms with E-state index in [1.165, 1.54) is 12.4 Å². The van der Waals surface area contributed by atoms with E-state index in [9.17, 15) is 9.59 Å². The van der Waals surface area contributed by atoms with Crippen LogP contribution in [0.3, 0.4) is 0 Å². The maximum Gasteiger partial charge on any atom is 0.274 e. The van der Waals surface area contributed by atoms with E-state index in [2.05, 4.69) is 20.6 Å². The summed E-state index contributed by atoms with van der Waals surface area (Å²) in [7, 11) is 1.60. The van der Waals surface area contributed by atoms with Gasteiger partial charge in [0.15, 0.2) is 0 Å². The van der Waals surface area contributed by atoms with Gasteiger partial charge in [0.2, 0.25) is 0 Å². The standard InChI is InChI=1S/C17H19N5O2/c1-18-16(23)13-4-2-3-12(9-13)15-11-20-7-8-22(15)17(24)14-10-19-5-6-21-14/h2-6,9-10,15,20H,7-8,11H2,1H3,(H,18,23). The summed E-state index contributed by atoms with van der Waals surface area (Å²) in [5.41, 5.74) is 1.82. The summed E-state index contributed by atoms with van der Waals surface area (Å²) >= 11 is 0. The molecule has 1 aliphatic heterocycles. The fourth-order valence-electron chi connectivity index (χ4n) is 2.83. The second-order valence-corrected chi connectivity index (χ2v) is 5.51. The lowest BCUT2D eigenvalue weighted by atomic mass is 10.00. The van der Waals surface area contributed by atoms with Crippen molar-refractivity contribution in [2.24, 2.45) is 0 Å². The number of rotatable bonds is 3. The van der Waals surface area contributed by atoms with Crippen LogP contribution in [0.4, 0.5) is 0 Å². The van der Waals surface area contributed by atoms with Gasteiger partial charge in [-0.1, -0.05) is 12.1 Å². The molecule has 0 radical (unpaired) electrons. The summed E-state index contributed by atoms with van der Waals surface area (Å²) in [5, 5.41) is 5.92. The number of aromatic nitrogens is 2. The van der Waals surface area contributed by atoms with Crippen LogP contribution in [0.15, 0.2) is 42.9 Å². The molecule has 2 heterocycles. The average Bonchev–Trinajstić information content (AvgIpc) is 2.67. The first kappa shape index (κ1) is 16.1. The second kappa shape index (κ2) is 7.18. The van der Waals surface area contributed by atoms with Crippen LogP contribution in [0.25, 0.3) is 0 Å². The van der Waals surface area contributed by atoms with E-state index in [0.717, 1.165) is 12.1 Å². The normalized spacial score (nSPS) is 17.4. The molecule has 124 valence electrons. The van der Waals surface area contributed by atoms with E-state index in [0.29, 0.717) is 24.3 Å². The number of hydrogen-bond donors (Lipinski definition) is 2. The predicted octanol–water partition coefficient (Wildman–Crippen LogP) is 0.623. The van der Waals surface area contributed by atoms with E-state index in [1.807, 2.05) is 18.2 Å². The zero-order valence-corrected chi connectivity index (χ0v) is 13.4. The van der Waals surface area contributed by atoms with E-state index in [1.54, 1.807) is 24.2 Å². The monoisotopic (exact) mass is 325 g/mol. The smallest absolute Gasteiger partial charge is 0.274 e. The van der Waals surface area contributed by atoms with Crippen molar-refractivity contribution in [2.75, 3.05) is 26.7 Å². The largest absolute Gasteiger partial charge is 0.355 e. The minimum Gasteiger partial charge on any atom is -0.355 e. The fraction of sp³-hybridized carbons (Fsp3) is 0.294. The summed E-state index contributed by atoms with van der Waals surface area (Å²) in [6.07, 6.45) is 4.53. The quantitative estimate of drug-likeness (QED) is 0.864. The van der Waals surface area contributed by atoms with Crippen LogP contribution in [0.2, 0.25) is 0 Å². The summed E-state index contributed by atoms with van der Waals surface area (Å²) in [5.74, 6) is -0.299. The topological polar surface area (TPSA) is 87.2 Å². The molecule has 1 aromatic carbocycles. The zero-order valence-electron chi connectivity index (χ0n) is 13.4. The summed E-state index contributed by atoms with van der Waals surface area (Å²) in [6.45, 7) is 1.92. The third kappa shape index (κ3) is 3.26. The SMILES string of the molecule is CNC(=O)c1cccc(C2CNCCN2C(=O)c2cnccn2)c1. The molecule has 1 unspecified atom stereocenters. The summed E-state index contributed by atoms with van der Waals surface area (Å²) in [4.78, 5) is 34.5. The van der Waals surface area contributed by atoms with Crippen molar-refractivity contribution in [1.82, 2.24) is 25.5 Å². The van der Waals surface area contributed by atoms with E-state index in [4.69, 9.17) is 0 Å². The molecule has 2 aromatic rings. The Balaban J connectivity index is 1.90. The number of carbonyl (C=O) groups is 2. The highest BCUT2D eigenvalue weighted by Crippen LogP contribution is 2.24. The number of nitrogens with one attached hydrogen (secondary N) is 2. The predicted molar refractivity (Wildman–Crippen MR) is 88.5 cm³/mol. The molecule has 2 amide bonds. The molecule has 3 rings (SSSR count). The Morgan fingerprint density at radius 1 is 1.33 bits per heavy atom. The van der Waals surface area contributed by atoms with Gasteiger partial charge in [-0.25, -0.2) is 4.98 Å². The maximum atomic E-state index is 12.8. The Hall–Kier alpha value is -2.80. The third-order valence-electron chi connectivity index (χ3n) is 4.05. The van der Waals surface area contributed by atoms with Crippen LogP contribution in [-0.4, -0.2) is 53.4 Å². The Labute approximate surface area is 140 Å². The van der Waals surface area contributed by atoms with Crippen molar-refractivity contribution in [1.29, 1.82) is 0 Å². The average molecular weight is 325 g/mol. The summed E-state index contributed by atoms with van der Waals surface area (Å²) < 4.78 is 0. The Bertz CT molecular complexity index is 735. The number of piperazine rings is 1. The molecule has 0 bridgehead atoms. The molecule has 7 nitrogen and oxygen atoms in total. The van der Waals surface area contributed by atoms with Gasteiger partial charge in [0.25, 0.3) is 11.8 Å². The molecule has 0 spiro atoms. The molecule has 1 aromatic heterocycles. The second-order valence-electron chi connectivity index (χ2n) is 5.51. The van der Waals surface area contributed by atoms with Crippen molar-refractivity contribution < 1.29 is 9.59 Å². The molecule has 0 saturated carbocycles. The van der Waals surface area contributed by atoms with Crippen LogP contribution in [0.1, 0.15) is 32.5 Å². The van der Waals surface area contributed by atoms with E-state index < -0.39 is 0 Å². The van der Waals surface area contributed by atoms with Crippen molar-refractivity contribution in [3.8, 4) is 0 Å². The number of carbonyl (C=O) groups excluding carboxylic acids is 2. The molecule has 7 heteroatoms. The molecular formula is C17H19N5O2. The highest BCUT2D eigenvalue weighted by molar-refractivity contribution is 5.94. The minimum atomic E-state index is -0.155. The van der Waals surface area contributed by atoms with Crippen LogP contribution >= 0.6 is 0 Å². The summed E-state index contributed by atoms with van der Waals surface area (Å²) in [6, 6.07) is 7.19. The molecule has 1 atom stereocenters. The van der Waals surface area contributed by atoms with Crippen LogP contribution in [0, 0.1) is 0 Å². The van der Waals surface area contributed by atoms with Gasteiger partial charge in [-0.15, -0.1) is 0 Å². The molecule has 0 aliphatic carbocycles. The first-order chi connectivity index (χ1) is 11.7. The Kier molecular flexibility index (Phi) is 4.81. The highest BCUT2D eigenvalue weighted by atomic mass is 16.2. The van der Waals surface area contributed by atoms with Crippen LogP contribution in [-0.2, 0) is 0 Å². The van der Waals surface area contributed by atoms with Gasteiger partial charge >= 0.3 is 0 Å². The number of nitrogens with zero attached hydrogens (tertiary/aromatic N) is 3. The molecule has 1 fully saturated rings. The Morgan fingerprint density at radius 3 is 2.96 bits per heavy atom. The maximum absolute atomic E-state index is 12.8. The number of hydrogen-bond acceptors (Lipinski definition) is 5. The number of amides is 2. The lowest BCUT2D eigenvalue weighted by Gasteiger charge is -2.36. The fourth-order valence-corrected chi connectivity index (χ4v) is 2.83. The lowest BCUT2D eigenvalue weighted by molar-refractivity contribution is 0.0627. The van der Waals surface area contributed by atoms with E-state index in [-0.39, 0.29) is 17.9 Å². The highest BCUT2D eigenvalue weighted by Gasteiger charge is 2.29. The molecular weight excluding hydrogens is 306 g/mol. The van der Waals surface area contributed by atoms with Gasteiger partial charge in [-0.2, -0.15) is 0 Å². The first-order valence-corrected chi connectivity index (χ1v) is 7.80. The van der Waals surface area contributed by atoms with Crippen LogP contribution < -0.4 is 10.6 Å². The van der Waals surface area contributed by atoms with Crippen molar-refractivity contribution in [2.45, 2.75) is 6.04 Å². The minimum absolute atomic E-state index is 0.146. The van der Waals surface area contributed by atoms with Gasteiger partial charge in [-0.3, -0.25) is 14.6 Å². The molecule has 1 saturated heterocycles. The van der Waals surface area contributed by atoms with Gasteiger partial charge in [-0.05, 0) is 17.7 Å². The van der Waals surface area contributed by atoms with Gasteiger partial charge < -0.3 is 15.5 Å². The van der Waals surface area contributed by atoms with E-state index >= 15 is 0 Å². The zero-order chi connectivity index (χ0) is 16.9. The van der Waals surface area contributed by atoms with Crippen molar-refractivity contribution >= 4 is 11.8 Å². The first-order valence-electron chi connectivity index (χ1n) is 7.80. The van der Waals surface area contributed by atoms with Gasteiger partial charge in [0.1, 0.15) is 5.69 Å². The number of benzene rings is 1. The molecule has 24 heavy (non-hydrogen) atoms. The molecule has 2 N–H and O–H groups in total. The lowest BCUT2D eigenvalue weighted by Crippen LogP contribution is -2.49. The van der Waals surface area contributed by atoms with Crippen LogP contribution in [0.5, 0.6) is 0 Å². The van der Waals surface area contributed by atoms with Gasteiger partial charge in [0.05, 0.1) is 12.2 Å². The third-order valence-corrected chi connectivity index (χ3v) is 4.05. The van der Waals surface area contributed by atoms with Crippen molar-refractivity contribution in [3.05, 3.63) is 59.7 Å².